The van der Waals surface area contributed by atoms with Crippen LogP contribution in [0.5, 0.6) is 11.5 Å². The summed E-state index contributed by atoms with van der Waals surface area (Å²) >= 11 is 0. The third-order valence-corrected chi connectivity index (χ3v) is 6.21. The van der Waals surface area contributed by atoms with E-state index < -0.39 is 0 Å². The molecule has 0 spiro atoms. The summed E-state index contributed by atoms with van der Waals surface area (Å²) in [5.74, 6) is 2.42. The predicted octanol–water partition coefficient (Wildman–Crippen LogP) is 6.37. The van der Waals surface area contributed by atoms with Gasteiger partial charge in [-0.05, 0) is 65.8 Å². The van der Waals surface area contributed by atoms with Crippen LogP contribution in [0, 0.1) is 27.7 Å². The number of hydrogen-bond acceptors (Lipinski definition) is 6. The molecule has 164 valence electrons. The number of anilines is 3. The monoisotopic (exact) mass is 428 g/mol. The van der Waals surface area contributed by atoms with Gasteiger partial charge in [0.1, 0.15) is 11.2 Å². The highest BCUT2D eigenvalue weighted by molar-refractivity contribution is 5.95. The number of benzene rings is 3. The lowest BCUT2D eigenvalue weighted by atomic mass is 10.0. The minimum Gasteiger partial charge on any atom is -0.452 e. The van der Waals surface area contributed by atoms with Crippen molar-refractivity contribution < 1.29 is 9.15 Å². The van der Waals surface area contributed by atoms with Gasteiger partial charge in [0, 0.05) is 41.0 Å². The SMILES string of the molecule is CCN=c1ccc2nc3c(C)c4c(c(C)c3oc-2c1C)Nc1ccc(NCC)c(C)c1O4. The van der Waals surface area contributed by atoms with Crippen LogP contribution in [0.1, 0.15) is 36.1 Å². The van der Waals surface area contributed by atoms with Crippen molar-refractivity contribution in [2.75, 3.05) is 23.7 Å². The molecule has 0 saturated carbocycles. The minimum absolute atomic E-state index is 0.731. The van der Waals surface area contributed by atoms with Crippen molar-refractivity contribution in [3.05, 3.63) is 51.9 Å². The molecule has 0 bridgehead atoms. The maximum atomic E-state index is 6.50. The molecule has 0 unspecified atom stereocenters. The summed E-state index contributed by atoms with van der Waals surface area (Å²) in [4.78, 5) is 9.55. The Morgan fingerprint density at radius 3 is 2.50 bits per heavy atom. The first-order chi connectivity index (χ1) is 15.4. The van der Waals surface area contributed by atoms with Crippen molar-refractivity contribution in [2.45, 2.75) is 41.5 Å². The Balaban J connectivity index is 1.75. The highest BCUT2D eigenvalue weighted by Gasteiger charge is 2.27. The van der Waals surface area contributed by atoms with Crippen molar-refractivity contribution in [3.63, 3.8) is 0 Å². The lowest BCUT2D eigenvalue weighted by molar-refractivity contribution is 0.473. The molecule has 2 heterocycles. The average Bonchev–Trinajstić information content (AvgIpc) is 2.80. The van der Waals surface area contributed by atoms with Crippen LogP contribution in [-0.4, -0.2) is 18.1 Å². The maximum Gasteiger partial charge on any atom is 0.158 e. The molecule has 0 fully saturated rings. The lowest BCUT2D eigenvalue weighted by Gasteiger charge is -2.28. The molecule has 0 radical (unpaired) electrons. The number of hydrogen-bond donors (Lipinski definition) is 2. The van der Waals surface area contributed by atoms with E-state index in [-0.39, 0.29) is 0 Å². The zero-order chi connectivity index (χ0) is 22.6. The first kappa shape index (κ1) is 20.4. The van der Waals surface area contributed by atoms with E-state index in [1.165, 1.54) is 0 Å². The van der Waals surface area contributed by atoms with Crippen LogP contribution in [0.15, 0.2) is 33.7 Å². The number of nitrogens with zero attached hydrogens (tertiary/aromatic N) is 2. The second kappa shape index (κ2) is 7.55. The Kier molecular flexibility index (Phi) is 4.81. The highest BCUT2D eigenvalue weighted by atomic mass is 16.5. The summed E-state index contributed by atoms with van der Waals surface area (Å²) in [7, 11) is 0. The molecule has 32 heavy (non-hydrogen) atoms. The zero-order valence-electron chi connectivity index (χ0n) is 19.4. The molecule has 6 nitrogen and oxygen atoms in total. The van der Waals surface area contributed by atoms with Crippen LogP contribution in [0.3, 0.4) is 0 Å². The second-order valence-electron chi connectivity index (χ2n) is 8.25. The molecule has 1 aliphatic carbocycles. The molecule has 0 aromatic heterocycles. The average molecular weight is 429 g/mol. The second-order valence-corrected chi connectivity index (χ2v) is 8.25. The van der Waals surface area contributed by atoms with Crippen LogP contribution >= 0.6 is 0 Å². The fourth-order valence-corrected chi connectivity index (χ4v) is 4.45. The highest BCUT2D eigenvalue weighted by Crippen LogP contribution is 2.50. The van der Waals surface area contributed by atoms with Gasteiger partial charge < -0.3 is 19.8 Å². The summed E-state index contributed by atoms with van der Waals surface area (Å²) in [6.07, 6.45) is 0. The summed E-state index contributed by atoms with van der Waals surface area (Å²) in [5.41, 5.74) is 9.39. The van der Waals surface area contributed by atoms with Gasteiger partial charge in [0.05, 0.1) is 16.7 Å². The standard InChI is InChI=1S/C26H28N4O2/c1-7-27-17-9-11-19-23(13(17)3)31-25-15(5)22-26(16(6)21(25)29-19)32-24-14(4)18(28-8-2)10-12-20(24)30-22/h9-12,27,29H,7-8H2,1-6H3. The van der Waals surface area contributed by atoms with Gasteiger partial charge in [0.2, 0.25) is 0 Å². The summed E-state index contributed by atoms with van der Waals surface area (Å²) < 4.78 is 13.0. The Bertz CT molecular complexity index is 1420. The van der Waals surface area contributed by atoms with Gasteiger partial charge in [-0.3, -0.25) is 4.99 Å². The van der Waals surface area contributed by atoms with Crippen LogP contribution in [-0.2, 0) is 0 Å². The smallest absolute Gasteiger partial charge is 0.158 e. The van der Waals surface area contributed by atoms with Crippen molar-refractivity contribution in [1.29, 1.82) is 0 Å². The molecular weight excluding hydrogens is 400 g/mol. The van der Waals surface area contributed by atoms with Crippen LogP contribution in [0.4, 0.5) is 17.1 Å². The Morgan fingerprint density at radius 1 is 0.938 bits per heavy atom. The quantitative estimate of drug-likeness (QED) is 0.327. The summed E-state index contributed by atoms with van der Waals surface area (Å²) in [6.45, 7) is 13.9. The van der Waals surface area contributed by atoms with E-state index in [1.807, 2.05) is 32.9 Å². The fraction of sp³-hybridized carbons (Fsp3) is 0.308. The number of nitrogens with one attached hydrogen (secondary N) is 2. The van der Waals surface area contributed by atoms with E-state index in [1.54, 1.807) is 0 Å². The molecule has 6 heteroatoms. The number of rotatable bonds is 3. The first-order valence-electron chi connectivity index (χ1n) is 11.1. The Hall–Kier alpha value is -3.54. The molecule has 2 aliphatic heterocycles. The first-order valence-corrected chi connectivity index (χ1v) is 11.1. The van der Waals surface area contributed by atoms with Crippen molar-refractivity contribution in [1.82, 2.24) is 4.98 Å². The van der Waals surface area contributed by atoms with Gasteiger partial charge in [-0.2, -0.15) is 0 Å². The van der Waals surface area contributed by atoms with Crippen LogP contribution in [0.2, 0.25) is 0 Å². The molecule has 3 aliphatic rings. The van der Waals surface area contributed by atoms with E-state index in [0.29, 0.717) is 0 Å². The molecule has 0 atom stereocenters. The van der Waals surface area contributed by atoms with Gasteiger partial charge in [-0.15, -0.1) is 0 Å². The van der Waals surface area contributed by atoms with Gasteiger partial charge in [0.25, 0.3) is 0 Å². The van der Waals surface area contributed by atoms with Crippen molar-refractivity contribution in [2.24, 2.45) is 4.99 Å². The topological polar surface area (TPSA) is 71.7 Å². The predicted molar refractivity (Wildman–Crippen MR) is 130 cm³/mol. The third kappa shape index (κ3) is 2.93. The third-order valence-electron chi connectivity index (χ3n) is 6.21. The Morgan fingerprint density at radius 2 is 1.75 bits per heavy atom. The molecule has 0 saturated heterocycles. The van der Waals surface area contributed by atoms with E-state index >= 15 is 0 Å². The van der Waals surface area contributed by atoms with E-state index in [0.717, 1.165) is 91.8 Å². The van der Waals surface area contributed by atoms with E-state index in [2.05, 4.69) is 48.5 Å². The molecule has 2 aromatic rings. The molecule has 5 rings (SSSR count). The van der Waals surface area contributed by atoms with Gasteiger partial charge in [-0.1, -0.05) is 0 Å². The van der Waals surface area contributed by atoms with Gasteiger partial charge in [-0.25, -0.2) is 4.98 Å². The Labute approximate surface area is 187 Å². The van der Waals surface area contributed by atoms with Gasteiger partial charge >= 0.3 is 0 Å². The zero-order valence-corrected chi connectivity index (χ0v) is 19.4. The van der Waals surface area contributed by atoms with Crippen LogP contribution < -0.4 is 20.7 Å². The maximum absolute atomic E-state index is 6.50. The largest absolute Gasteiger partial charge is 0.452 e. The normalized spacial score (nSPS) is 13.0. The number of fused-ring (bicyclic) bond motifs is 4. The van der Waals surface area contributed by atoms with Crippen molar-refractivity contribution >= 4 is 28.2 Å². The molecule has 2 N–H and O–H groups in total. The van der Waals surface area contributed by atoms with Crippen LogP contribution in [0.25, 0.3) is 22.6 Å². The lowest BCUT2D eigenvalue weighted by Crippen LogP contribution is -2.12. The van der Waals surface area contributed by atoms with Crippen molar-refractivity contribution in [3.8, 4) is 23.0 Å². The van der Waals surface area contributed by atoms with E-state index in [4.69, 9.17) is 14.1 Å². The summed E-state index contributed by atoms with van der Waals surface area (Å²) in [5, 5.41) is 7.93. The fourth-order valence-electron chi connectivity index (χ4n) is 4.45. The molecular formula is C26H28N4O2. The molecule has 2 aromatic carbocycles. The minimum atomic E-state index is 0.731. The number of ether oxygens (including phenoxy) is 1. The number of aryl methyl sites for hydroxylation is 2. The molecule has 0 amide bonds. The summed E-state index contributed by atoms with van der Waals surface area (Å²) in [6, 6.07) is 8.13. The van der Waals surface area contributed by atoms with E-state index in [9.17, 15) is 0 Å². The van der Waals surface area contributed by atoms with Gasteiger partial charge in [0.15, 0.2) is 22.8 Å². The number of aromatic nitrogens is 1.